The van der Waals surface area contributed by atoms with Crippen LogP contribution in [0, 0.1) is 0 Å². The molecule has 39 heavy (non-hydrogen) atoms. The molecule has 2 unspecified atom stereocenters. The molecule has 2 aromatic rings. The highest BCUT2D eigenvalue weighted by atomic mass is 28.3. The molecule has 2 aromatic carbocycles. The molecule has 212 valence electrons. The van der Waals surface area contributed by atoms with Gasteiger partial charge in [-0.25, -0.2) is 0 Å². The zero-order valence-corrected chi connectivity index (χ0v) is 28.5. The smallest absolute Gasteiger partial charge is 0.134 e. The Morgan fingerprint density at radius 2 is 0.923 bits per heavy atom. The van der Waals surface area contributed by atoms with Crippen molar-refractivity contribution >= 4 is 28.6 Å². The summed E-state index contributed by atoms with van der Waals surface area (Å²) < 4.78 is 0. The van der Waals surface area contributed by atoms with Crippen LogP contribution >= 0.6 is 0 Å². The highest BCUT2D eigenvalue weighted by Crippen LogP contribution is 2.48. The van der Waals surface area contributed by atoms with Crippen LogP contribution in [0.3, 0.4) is 0 Å². The summed E-state index contributed by atoms with van der Waals surface area (Å²) in [6.45, 7) is 24.1. The van der Waals surface area contributed by atoms with E-state index in [2.05, 4.69) is 151 Å². The molecule has 0 fully saturated rings. The number of unbranched alkanes of at least 4 members (excludes halogenated alkanes) is 2. The van der Waals surface area contributed by atoms with E-state index in [1.807, 2.05) is 0 Å². The van der Waals surface area contributed by atoms with Gasteiger partial charge in [-0.15, -0.1) is 0 Å². The molecule has 4 rings (SSSR count). The third-order valence-corrected chi connectivity index (χ3v) is 17.8. The lowest BCUT2D eigenvalue weighted by molar-refractivity contribution is 0.468. The highest BCUT2D eigenvalue weighted by molar-refractivity contribution is 6.79. The van der Waals surface area contributed by atoms with E-state index in [0.717, 1.165) is 0 Å². The Labute approximate surface area is 242 Å². The van der Waals surface area contributed by atoms with Crippen molar-refractivity contribution in [3.63, 3.8) is 0 Å². The lowest BCUT2D eigenvalue weighted by atomic mass is 9.90. The number of rotatable bonds is 10. The maximum atomic E-state index is 4.14. The third kappa shape index (κ3) is 6.00. The summed E-state index contributed by atoms with van der Waals surface area (Å²) in [6, 6.07) is 18.3. The van der Waals surface area contributed by atoms with Crippen LogP contribution in [0.4, 0.5) is 0 Å². The van der Waals surface area contributed by atoms with E-state index >= 15 is 0 Å². The zero-order valence-electron chi connectivity index (χ0n) is 26.5. The third-order valence-electron chi connectivity index (χ3n) is 9.23. The molecule has 0 spiro atoms. The van der Waals surface area contributed by atoms with Crippen molar-refractivity contribution in [1.29, 1.82) is 0 Å². The van der Waals surface area contributed by atoms with Crippen LogP contribution in [-0.4, -0.2) is 27.5 Å². The van der Waals surface area contributed by atoms with Crippen molar-refractivity contribution in [3.8, 4) is 0 Å². The van der Waals surface area contributed by atoms with Crippen molar-refractivity contribution in [1.82, 2.24) is 9.96 Å². The summed E-state index contributed by atoms with van der Waals surface area (Å²) in [5, 5.41) is 0.270. The van der Waals surface area contributed by atoms with E-state index in [1.54, 1.807) is 11.1 Å². The number of hydrogen-bond acceptors (Lipinski definition) is 2. The molecule has 0 amide bonds. The van der Waals surface area contributed by atoms with Crippen LogP contribution in [0.1, 0.15) is 95.9 Å². The van der Waals surface area contributed by atoms with Crippen molar-refractivity contribution in [2.75, 3.05) is 0 Å². The van der Waals surface area contributed by atoms with Crippen LogP contribution < -0.4 is 9.96 Å². The van der Waals surface area contributed by atoms with Crippen LogP contribution in [0.25, 0.3) is 12.2 Å². The first-order valence-corrected chi connectivity index (χ1v) is 21.2. The quantitative estimate of drug-likeness (QED) is 0.224. The van der Waals surface area contributed by atoms with Gasteiger partial charge in [-0.1, -0.05) is 118 Å². The van der Waals surface area contributed by atoms with Crippen LogP contribution in [0.5, 0.6) is 0 Å². The summed E-state index contributed by atoms with van der Waals surface area (Å²) in [7, 11) is -3.73. The van der Waals surface area contributed by atoms with E-state index in [4.69, 9.17) is 0 Å². The Balaban J connectivity index is 1.53. The van der Waals surface area contributed by atoms with E-state index in [9.17, 15) is 0 Å². The molecule has 2 nitrogen and oxygen atoms in total. The van der Waals surface area contributed by atoms with E-state index in [1.165, 1.54) is 43.2 Å². The van der Waals surface area contributed by atoms with Gasteiger partial charge in [-0.3, -0.25) is 0 Å². The summed E-state index contributed by atoms with van der Waals surface area (Å²) in [5.74, 6) is 0. The molecule has 0 bridgehead atoms. The maximum absolute atomic E-state index is 4.14. The Bertz CT molecular complexity index is 1130. The Kier molecular flexibility index (Phi) is 8.21. The van der Waals surface area contributed by atoms with Gasteiger partial charge >= 0.3 is 0 Å². The van der Waals surface area contributed by atoms with Gasteiger partial charge in [0, 0.05) is 21.2 Å². The first-order valence-electron chi connectivity index (χ1n) is 15.2. The SMILES string of the molecule is CC(C)(C)N[Si](C)(C)C1(CCCCCC2([Si](C)(C)NC(C)(C)C)C=Cc3ccccc32)C=Cc2ccccc21. The van der Waals surface area contributed by atoms with E-state index in [0.29, 0.717) is 0 Å². The van der Waals surface area contributed by atoms with E-state index < -0.39 is 16.5 Å². The minimum atomic E-state index is -1.86. The summed E-state index contributed by atoms with van der Waals surface area (Å²) in [4.78, 5) is 8.28. The number of fused-ring (bicyclic) bond motifs is 2. The van der Waals surface area contributed by atoms with Crippen molar-refractivity contribution in [3.05, 3.63) is 82.9 Å². The first-order chi connectivity index (χ1) is 18.0. The Morgan fingerprint density at radius 1 is 0.564 bits per heavy atom. The fourth-order valence-electron chi connectivity index (χ4n) is 7.97. The van der Waals surface area contributed by atoms with Crippen molar-refractivity contribution in [2.24, 2.45) is 0 Å². The average molecular weight is 559 g/mol. The van der Waals surface area contributed by atoms with Gasteiger partial charge in [0.25, 0.3) is 0 Å². The van der Waals surface area contributed by atoms with Gasteiger partial charge in [0.15, 0.2) is 0 Å². The van der Waals surface area contributed by atoms with Gasteiger partial charge in [0.1, 0.15) is 16.5 Å². The molecule has 2 N–H and O–H groups in total. The lowest BCUT2D eigenvalue weighted by Gasteiger charge is -2.47. The van der Waals surface area contributed by atoms with Crippen molar-refractivity contribution in [2.45, 2.75) is 121 Å². The largest absolute Gasteiger partial charge is 0.332 e. The maximum Gasteiger partial charge on any atom is 0.134 e. The molecule has 4 heteroatoms. The monoisotopic (exact) mass is 558 g/mol. The lowest BCUT2D eigenvalue weighted by Crippen LogP contribution is -2.65. The molecule has 2 aliphatic rings. The number of hydrogen-bond donors (Lipinski definition) is 2. The minimum absolute atomic E-state index is 0.110. The number of benzene rings is 2. The second kappa shape index (κ2) is 10.6. The second-order valence-electron chi connectivity index (χ2n) is 15.3. The minimum Gasteiger partial charge on any atom is -0.332 e. The summed E-state index contributed by atoms with van der Waals surface area (Å²) in [6.07, 6.45) is 16.2. The fourth-order valence-corrected chi connectivity index (χ4v) is 16.6. The van der Waals surface area contributed by atoms with Gasteiger partial charge < -0.3 is 9.96 Å². The number of allylic oxidation sites excluding steroid dienone is 2. The van der Waals surface area contributed by atoms with Gasteiger partial charge in [0.05, 0.1) is 0 Å². The zero-order chi connectivity index (χ0) is 28.7. The van der Waals surface area contributed by atoms with Gasteiger partial charge in [-0.2, -0.15) is 0 Å². The molecule has 0 aromatic heterocycles. The van der Waals surface area contributed by atoms with Gasteiger partial charge in [-0.05, 0) is 76.6 Å². The average Bonchev–Trinajstić information content (AvgIpc) is 3.37. The van der Waals surface area contributed by atoms with E-state index in [-0.39, 0.29) is 21.2 Å². The van der Waals surface area contributed by atoms with Gasteiger partial charge in [0.2, 0.25) is 0 Å². The molecule has 2 atom stereocenters. The molecule has 0 saturated carbocycles. The molecule has 0 heterocycles. The molecular formula is C35H54N2Si2. The highest BCUT2D eigenvalue weighted by Gasteiger charge is 2.51. The summed E-state index contributed by atoms with van der Waals surface area (Å²) >= 11 is 0. The summed E-state index contributed by atoms with van der Waals surface area (Å²) in [5.41, 5.74) is 6.15. The first kappa shape index (κ1) is 30.2. The fraction of sp³-hybridized carbons (Fsp3) is 0.543. The predicted molar refractivity (Wildman–Crippen MR) is 178 cm³/mol. The standard InChI is InChI=1S/C35H54N2Si2/c1-32(2,3)36-38(7,8)34(26-22-28-18-12-14-20-30(28)34)24-16-11-17-25-35(39(9,10)37-33(4,5)6)27-23-29-19-13-15-21-31(29)35/h12-15,18-23,26-27,36-37H,11,16-17,24-25H2,1-10H3. The predicted octanol–water partition coefficient (Wildman–Crippen LogP) is 9.13. The molecule has 0 radical (unpaired) electrons. The van der Waals surface area contributed by atoms with Crippen LogP contribution in [0.2, 0.25) is 26.2 Å². The number of nitrogens with one attached hydrogen (secondary N) is 2. The second-order valence-corrected chi connectivity index (χ2v) is 24.1. The Morgan fingerprint density at radius 3 is 1.28 bits per heavy atom. The normalized spacial score (nSPS) is 22.8. The van der Waals surface area contributed by atoms with Crippen molar-refractivity contribution < 1.29 is 0 Å². The topological polar surface area (TPSA) is 24.1 Å². The Hall–Kier alpha value is -1.73. The molecule has 0 saturated heterocycles. The van der Waals surface area contributed by atoms with Crippen LogP contribution in [0.15, 0.2) is 60.7 Å². The molecule has 0 aliphatic heterocycles. The molecule has 2 aliphatic carbocycles. The van der Waals surface area contributed by atoms with Crippen LogP contribution in [-0.2, 0) is 10.1 Å². The molecular weight excluding hydrogens is 505 g/mol.